The third-order valence-electron chi connectivity index (χ3n) is 3.59. The zero-order chi connectivity index (χ0) is 22.7. The van der Waals surface area contributed by atoms with Gasteiger partial charge in [-0.2, -0.15) is 12.6 Å². The zero-order valence-electron chi connectivity index (χ0n) is 15.6. The largest absolute Gasteiger partial charge is 0.481 e. The lowest BCUT2D eigenvalue weighted by Gasteiger charge is -2.22. The Bertz CT molecular complexity index is 659. The van der Waals surface area contributed by atoms with Crippen molar-refractivity contribution in [3.63, 3.8) is 0 Å². The number of thiol groups is 1. The monoisotopic (exact) mass is 435 g/mol. The quantitative estimate of drug-likeness (QED) is 0.134. The number of amides is 4. The molecule has 0 saturated carbocycles. The molecule has 164 valence electrons. The maximum atomic E-state index is 12.3. The minimum atomic E-state index is -1.48. The first-order chi connectivity index (χ1) is 13.4. The minimum Gasteiger partial charge on any atom is -0.481 e. The molecule has 0 rings (SSSR count). The van der Waals surface area contributed by atoms with E-state index in [0.717, 1.165) is 0 Å². The molecule has 0 aromatic rings. The van der Waals surface area contributed by atoms with Gasteiger partial charge < -0.3 is 37.6 Å². The molecule has 14 heteroatoms. The molecule has 0 aliphatic heterocycles. The smallest absolute Gasteiger partial charge is 0.326 e. The molecular formula is C15H25N5O8S. The summed E-state index contributed by atoms with van der Waals surface area (Å²) in [6.45, 7) is 1.23. The Kier molecular flexibility index (Phi) is 11.3. The van der Waals surface area contributed by atoms with E-state index < -0.39 is 72.6 Å². The lowest BCUT2D eigenvalue weighted by molar-refractivity contribution is -0.143. The first-order valence-corrected chi connectivity index (χ1v) is 9.02. The van der Waals surface area contributed by atoms with Crippen LogP contribution >= 0.6 is 12.6 Å². The molecule has 9 N–H and O–H groups in total. The Morgan fingerprint density at radius 3 is 1.93 bits per heavy atom. The van der Waals surface area contributed by atoms with E-state index in [4.69, 9.17) is 21.7 Å². The fourth-order valence-corrected chi connectivity index (χ4v) is 2.14. The van der Waals surface area contributed by atoms with Gasteiger partial charge in [0.05, 0.1) is 12.5 Å². The highest BCUT2D eigenvalue weighted by Crippen LogP contribution is 2.00. The lowest BCUT2D eigenvalue weighted by Crippen LogP contribution is -2.57. The third kappa shape index (κ3) is 10.3. The first-order valence-electron chi connectivity index (χ1n) is 8.39. The molecule has 29 heavy (non-hydrogen) atoms. The van der Waals surface area contributed by atoms with E-state index in [1.807, 2.05) is 0 Å². The van der Waals surface area contributed by atoms with Crippen molar-refractivity contribution in [2.45, 2.75) is 50.4 Å². The van der Waals surface area contributed by atoms with Gasteiger partial charge in [-0.05, 0) is 13.3 Å². The number of carbonyl (C=O) groups excluding carboxylic acids is 4. The van der Waals surface area contributed by atoms with Crippen molar-refractivity contribution >= 4 is 48.2 Å². The summed E-state index contributed by atoms with van der Waals surface area (Å²) in [5.74, 6) is -6.22. The van der Waals surface area contributed by atoms with Crippen LogP contribution < -0.4 is 27.4 Å². The highest BCUT2D eigenvalue weighted by Gasteiger charge is 2.29. The van der Waals surface area contributed by atoms with Crippen LogP contribution in [-0.2, 0) is 28.8 Å². The molecule has 0 heterocycles. The Hall–Kier alpha value is -2.87. The average Bonchev–Trinajstić information content (AvgIpc) is 2.62. The summed E-state index contributed by atoms with van der Waals surface area (Å²) in [6.07, 6.45) is -1.42. The molecule has 4 unspecified atom stereocenters. The van der Waals surface area contributed by atoms with E-state index in [0.29, 0.717) is 0 Å². The van der Waals surface area contributed by atoms with Crippen molar-refractivity contribution in [2.24, 2.45) is 11.5 Å². The summed E-state index contributed by atoms with van der Waals surface area (Å²) in [5.41, 5.74) is 10.5. The van der Waals surface area contributed by atoms with E-state index >= 15 is 0 Å². The summed E-state index contributed by atoms with van der Waals surface area (Å²) in [5, 5.41) is 24.2. The molecular weight excluding hydrogens is 410 g/mol. The van der Waals surface area contributed by atoms with E-state index in [9.17, 15) is 28.8 Å². The molecule has 13 nitrogen and oxygen atoms in total. The summed E-state index contributed by atoms with van der Waals surface area (Å²) in [4.78, 5) is 69.1. The SMILES string of the molecule is CC(NC(=O)C(CC(N)=O)NC(=O)C(N)CS)C(=O)NC(CCC(=O)O)C(=O)O. The average molecular weight is 435 g/mol. The van der Waals surface area contributed by atoms with E-state index in [2.05, 4.69) is 28.6 Å². The number of rotatable bonds is 13. The van der Waals surface area contributed by atoms with Gasteiger partial charge in [-0.25, -0.2) is 4.79 Å². The Morgan fingerprint density at radius 1 is 0.931 bits per heavy atom. The van der Waals surface area contributed by atoms with Crippen molar-refractivity contribution in [1.82, 2.24) is 16.0 Å². The topological polar surface area (TPSA) is 231 Å². The van der Waals surface area contributed by atoms with Gasteiger partial charge >= 0.3 is 11.9 Å². The fourth-order valence-electron chi connectivity index (χ4n) is 1.97. The van der Waals surface area contributed by atoms with Crippen LogP contribution in [0.1, 0.15) is 26.2 Å². The number of nitrogens with two attached hydrogens (primary N) is 2. The van der Waals surface area contributed by atoms with E-state index in [1.165, 1.54) is 6.92 Å². The standard InChI is InChI=1S/C15H25N5O8S/c1-6(12(24)19-8(15(27)28)2-3-11(22)23)18-14(26)9(4-10(17)21)20-13(25)7(16)5-29/h6-9,29H,2-5,16H2,1H3,(H2,17,21)(H,18,26)(H,19,24)(H,20,25)(H,22,23)(H,27,28). The normalized spacial score (nSPS) is 14.6. The van der Waals surface area contributed by atoms with Crippen LogP contribution in [0.15, 0.2) is 0 Å². The van der Waals surface area contributed by atoms with Gasteiger partial charge in [-0.1, -0.05) is 0 Å². The van der Waals surface area contributed by atoms with Crippen LogP contribution in [0.5, 0.6) is 0 Å². The van der Waals surface area contributed by atoms with Gasteiger partial charge in [0.25, 0.3) is 0 Å². The highest BCUT2D eigenvalue weighted by molar-refractivity contribution is 7.80. The predicted octanol–water partition coefficient (Wildman–Crippen LogP) is -3.46. The number of hydrogen-bond donors (Lipinski definition) is 8. The second-order valence-electron chi connectivity index (χ2n) is 6.08. The van der Waals surface area contributed by atoms with Gasteiger partial charge in [-0.15, -0.1) is 0 Å². The maximum absolute atomic E-state index is 12.3. The predicted molar refractivity (Wildman–Crippen MR) is 102 cm³/mol. The molecule has 0 radical (unpaired) electrons. The van der Waals surface area contributed by atoms with Gasteiger partial charge in [-0.3, -0.25) is 24.0 Å². The molecule has 0 aromatic carbocycles. The third-order valence-corrected chi connectivity index (χ3v) is 3.98. The van der Waals surface area contributed by atoms with Crippen LogP contribution in [0.3, 0.4) is 0 Å². The first kappa shape index (κ1) is 26.1. The van der Waals surface area contributed by atoms with Gasteiger partial charge in [0.1, 0.15) is 18.1 Å². The van der Waals surface area contributed by atoms with Crippen LogP contribution in [-0.4, -0.2) is 75.7 Å². The Balaban J connectivity index is 5.02. The second kappa shape index (κ2) is 12.6. The summed E-state index contributed by atoms with van der Waals surface area (Å²) < 4.78 is 0. The number of aliphatic carboxylic acids is 2. The van der Waals surface area contributed by atoms with Crippen LogP contribution in [0, 0.1) is 0 Å². The van der Waals surface area contributed by atoms with E-state index in [1.54, 1.807) is 0 Å². The highest BCUT2D eigenvalue weighted by atomic mass is 32.1. The van der Waals surface area contributed by atoms with E-state index in [-0.39, 0.29) is 12.2 Å². The van der Waals surface area contributed by atoms with Gasteiger partial charge in [0.2, 0.25) is 23.6 Å². The molecule has 0 saturated heterocycles. The lowest BCUT2D eigenvalue weighted by atomic mass is 10.1. The van der Waals surface area contributed by atoms with Crippen LogP contribution in [0.2, 0.25) is 0 Å². The molecule has 4 amide bonds. The molecule has 0 aromatic heterocycles. The molecule has 0 aliphatic rings. The maximum Gasteiger partial charge on any atom is 0.326 e. The van der Waals surface area contributed by atoms with Gasteiger partial charge in [0.15, 0.2) is 0 Å². The van der Waals surface area contributed by atoms with Crippen molar-refractivity contribution in [3.05, 3.63) is 0 Å². The molecule has 0 aliphatic carbocycles. The number of carboxylic acid groups (broad SMARTS) is 2. The zero-order valence-corrected chi connectivity index (χ0v) is 16.5. The molecule has 0 spiro atoms. The number of hydrogen-bond acceptors (Lipinski definition) is 8. The summed E-state index contributed by atoms with van der Waals surface area (Å²) in [6, 6.07) is -5.20. The summed E-state index contributed by atoms with van der Waals surface area (Å²) >= 11 is 3.84. The van der Waals surface area contributed by atoms with Crippen LogP contribution in [0.25, 0.3) is 0 Å². The van der Waals surface area contributed by atoms with Crippen molar-refractivity contribution in [2.75, 3.05) is 5.75 Å². The number of carbonyl (C=O) groups is 6. The number of carboxylic acids is 2. The van der Waals surface area contributed by atoms with Crippen molar-refractivity contribution in [1.29, 1.82) is 0 Å². The Labute approximate surface area is 171 Å². The number of nitrogens with one attached hydrogen (secondary N) is 3. The fraction of sp³-hybridized carbons (Fsp3) is 0.600. The molecule has 0 fully saturated rings. The summed E-state index contributed by atoms with van der Waals surface area (Å²) in [7, 11) is 0. The molecule has 0 bridgehead atoms. The van der Waals surface area contributed by atoms with Crippen molar-refractivity contribution < 1.29 is 39.0 Å². The number of primary amides is 1. The van der Waals surface area contributed by atoms with Crippen LogP contribution in [0.4, 0.5) is 0 Å². The minimum absolute atomic E-state index is 0.0253. The van der Waals surface area contributed by atoms with Crippen molar-refractivity contribution in [3.8, 4) is 0 Å². The molecule has 4 atom stereocenters. The Morgan fingerprint density at radius 2 is 1.48 bits per heavy atom. The second-order valence-corrected chi connectivity index (χ2v) is 6.45. The van der Waals surface area contributed by atoms with Gasteiger partial charge in [0, 0.05) is 12.2 Å².